The van der Waals surface area contributed by atoms with Gasteiger partial charge in [-0.3, -0.25) is 4.57 Å². The minimum Gasteiger partial charge on any atom is -0.271 e. The zero-order chi connectivity index (χ0) is 16.1. The van der Waals surface area contributed by atoms with Gasteiger partial charge in [-0.15, -0.1) is 0 Å². The molecule has 0 saturated carbocycles. The standard InChI is InChI=1S/C9H9ClN4.C4H2Cl2N2/c1-6-7(2)14(5-12-6)9-11-4-3-8(10)13-9;5-3-1-2-7-4(6)8-3/h3-5H,1-2H3;1-2H. The van der Waals surface area contributed by atoms with Crippen LogP contribution >= 0.6 is 34.8 Å². The third kappa shape index (κ3) is 4.37. The molecule has 0 unspecified atom stereocenters. The van der Waals surface area contributed by atoms with Crippen molar-refractivity contribution in [3.8, 4) is 5.95 Å². The molecule has 6 nitrogen and oxygen atoms in total. The predicted molar refractivity (Wildman–Crippen MR) is 85.7 cm³/mol. The lowest BCUT2D eigenvalue weighted by molar-refractivity contribution is 0.894. The minimum absolute atomic E-state index is 0.178. The number of hydrogen-bond acceptors (Lipinski definition) is 5. The monoisotopic (exact) mass is 356 g/mol. The summed E-state index contributed by atoms with van der Waals surface area (Å²) in [6, 6.07) is 3.21. The van der Waals surface area contributed by atoms with E-state index >= 15 is 0 Å². The van der Waals surface area contributed by atoms with Crippen LogP contribution in [0.5, 0.6) is 0 Å². The van der Waals surface area contributed by atoms with E-state index in [1.807, 2.05) is 13.8 Å². The van der Waals surface area contributed by atoms with Gasteiger partial charge in [-0.1, -0.05) is 23.2 Å². The van der Waals surface area contributed by atoms with Crippen LogP contribution in [0.2, 0.25) is 15.6 Å². The number of halogens is 3. The topological polar surface area (TPSA) is 69.4 Å². The van der Waals surface area contributed by atoms with Gasteiger partial charge in [0.2, 0.25) is 11.2 Å². The van der Waals surface area contributed by atoms with Gasteiger partial charge < -0.3 is 0 Å². The van der Waals surface area contributed by atoms with Crippen molar-refractivity contribution in [1.29, 1.82) is 0 Å². The van der Waals surface area contributed by atoms with Crippen LogP contribution in [0.25, 0.3) is 5.95 Å². The highest BCUT2D eigenvalue weighted by Gasteiger charge is 2.06. The van der Waals surface area contributed by atoms with Crippen molar-refractivity contribution in [2.75, 3.05) is 0 Å². The molecule has 0 aliphatic carbocycles. The van der Waals surface area contributed by atoms with Crippen molar-refractivity contribution in [3.63, 3.8) is 0 Å². The second-order valence-corrected chi connectivity index (χ2v) is 5.23. The molecule has 0 fully saturated rings. The quantitative estimate of drug-likeness (QED) is 0.490. The number of aromatic nitrogens is 6. The van der Waals surface area contributed by atoms with Crippen LogP contribution in [-0.2, 0) is 0 Å². The lowest BCUT2D eigenvalue weighted by atomic mass is 10.4. The largest absolute Gasteiger partial charge is 0.271 e. The summed E-state index contributed by atoms with van der Waals surface area (Å²) in [6.45, 7) is 3.91. The van der Waals surface area contributed by atoms with Gasteiger partial charge in [-0.2, -0.15) is 0 Å². The molecule has 0 radical (unpaired) electrons. The van der Waals surface area contributed by atoms with Gasteiger partial charge in [0, 0.05) is 18.1 Å². The molecule has 3 aromatic rings. The van der Waals surface area contributed by atoms with Crippen molar-refractivity contribution >= 4 is 34.8 Å². The molecule has 3 heterocycles. The van der Waals surface area contributed by atoms with Crippen molar-refractivity contribution in [2.24, 2.45) is 0 Å². The third-order valence-electron chi connectivity index (χ3n) is 2.67. The maximum atomic E-state index is 5.77. The minimum atomic E-state index is 0.178. The lowest BCUT2D eigenvalue weighted by Gasteiger charge is -2.02. The molecule has 0 spiro atoms. The first-order chi connectivity index (χ1) is 10.5. The highest BCUT2D eigenvalue weighted by Crippen LogP contribution is 2.11. The Morgan fingerprint density at radius 2 is 1.50 bits per heavy atom. The molecular formula is C13H11Cl3N6. The summed E-state index contributed by atoms with van der Waals surface area (Å²) in [5, 5.41) is 0.975. The number of nitrogens with zero attached hydrogens (tertiary/aromatic N) is 6. The fourth-order valence-electron chi connectivity index (χ4n) is 1.46. The zero-order valence-electron chi connectivity index (χ0n) is 11.7. The molecule has 22 heavy (non-hydrogen) atoms. The van der Waals surface area contributed by atoms with Crippen LogP contribution in [0.1, 0.15) is 11.4 Å². The van der Waals surface area contributed by atoms with E-state index in [-0.39, 0.29) is 5.28 Å². The van der Waals surface area contributed by atoms with Gasteiger partial charge in [0.05, 0.1) is 5.69 Å². The second kappa shape index (κ2) is 7.49. The lowest BCUT2D eigenvalue weighted by Crippen LogP contribution is -2.01. The molecular weight excluding hydrogens is 347 g/mol. The summed E-state index contributed by atoms with van der Waals surface area (Å²) in [6.07, 6.45) is 4.81. The Labute approximate surface area is 142 Å². The van der Waals surface area contributed by atoms with Crippen LogP contribution < -0.4 is 0 Å². The molecule has 3 rings (SSSR count). The first-order valence-corrected chi connectivity index (χ1v) is 7.24. The average molecular weight is 358 g/mol. The van der Waals surface area contributed by atoms with Gasteiger partial charge in [0.25, 0.3) is 0 Å². The van der Waals surface area contributed by atoms with E-state index in [2.05, 4.69) is 24.9 Å². The van der Waals surface area contributed by atoms with Crippen molar-refractivity contribution in [3.05, 3.63) is 57.8 Å². The summed E-state index contributed by atoms with van der Waals surface area (Å²) in [4.78, 5) is 19.6. The molecule has 0 N–H and O–H groups in total. The van der Waals surface area contributed by atoms with E-state index in [4.69, 9.17) is 34.8 Å². The molecule has 0 aliphatic rings. The Hall–Kier alpha value is -1.76. The van der Waals surface area contributed by atoms with Gasteiger partial charge in [0.15, 0.2) is 0 Å². The number of imidazole rings is 1. The fraction of sp³-hybridized carbons (Fsp3) is 0.154. The van der Waals surface area contributed by atoms with Crippen LogP contribution in [0, 0.1) is 13.8 Å². The van der Waals surface area contributed by atoms with E-state index < -0.39 is 0 Å². The summed E-state index contributed by atoms with van der Waals surface area (Å²) >= 11 is 16.5. The molecule has 0 saturated heterocycles. The highest BCUT2D eigenvalue weighted by atomic mass is 35.5. The Balaban J connectivity index is 0.000000188. The van der Waals surface area contributed by atoms with Crippen molar-refractivity contribution in [2.45, 2.75) is 13.8 Å². The van der Waals surface area contributed by atoms with Gasteiger partial charge in [0.1, 0.15) is 16.6 Å². The molecule has 0 aromatic carbocycles. The molecule has 0 amide bonds. The van der Waals surface area contributed by atoms with E-state index in [9.17, 15) is 0 Å². The summed E-state index contributed by atoms with van der Waals surface area (Å²) in [5.41, 5.74) is 1.99. The maximum Gasteiger partial charge on any atom is 0.236 e. The second-order valence-electron chi connectivity index (χ2n) is 4.11. The van der Waals surface area contributed by atoms with Crippen LogP contribution in [0.15, 0.2) is 30.9 Å². The average Bonchev–Trinajstić information content (AvgIpc) is 2.79. The van der Waals surface area contributed by atoms with Crippen LogP contribution in [0.4, 0.5) is 0 Å². The summed E-state index contributed by atoms with van der Waals surface area (Å²) in [7, 11) is 0. The number of hydrogen-bond donors (Lipinski definition) is 0. The Morgan fingerprint density at radius 3 is 1.95 bits per heavy atom. The summed E-state index contributed by atoms with van der Waals surface area (Å²) < 4.78 is 1.81. The molecule has 114 valence electrons. The molecule has 9 heteroatoms. The smallest absolute Gasteiger partial charge is 0.236 e. The molecule has 0 atom stereocenters. The summed E-state index contributed by atoms with van der Waals surface area (Å²) in [5.74, 6) is 0.551. The van der Waals surface area contributed by atoms with Crippen molar-refractivity contribution < 1.29 is 0 Å². The maximum absolute atomic E-state index is 5.77. The van der Waals surface area contributed by atoms with Crippen molar-refractivity contribution in [1.82, 2.24) is 29.5 Å². The zero-order valence-corrected chi connectivity index (χ0v) is 14.0. The predicted octanol–water partition coefficient (Wildman–Crippen LogP) is 3.72. The number of rotatable bonds is 1. The van der Waals surface area contributed by atoms with E-state index in [0.717, 1.165) is 11.4 Å². The molecule has 0 aliphatic heterocycles. The van der Waals surface area contributed by atoms with E-state index in [1.54, 1.807) is 29.2 Å². The Kier molecular flexibility index (Phi) is 5.65. The first kappa shape index (κ1) is 16.6. The SMILES string of the molecule is Cc1ncn(-c2nccc(Cl)n2)c1C.Clc1ccnc(Cl)n1. The van der Waals surface area contributed by atoms with E-state index in [1.165, 1.54) is 6.20 Å². The van der Waals surface area contributed by atoms with Crippen LogP contribution in [-0.4, -0.2) is 29.5 Å². The van der Waals surface area contributed by atoms with Gasteiger partial charge in [-0.25, -0.2) is 24.9 Å². The Bertz CT molecular complexity index is 757. The van der Waals surface area contributed by atoms with Gasteiger partial charge in [-0.05, 0) is 37.6 Å². The van der Waals surface area contributed by atoms with Crippen LogP contribution in [0.3, 0.4) is 0 Å². The fourth-order valence-corrected chi connectivity index (χ4v) is 1.92. The molecule has 0 bridgehead atoms. The van der Waals surface area contributed by atoms with E-state index in [0.29, 0.717) is 16.3 Å². The number of aryl methyl sites for hydroxylation is 1. The third-order valence-corrected chi connectivity index (χ3v) is 3.27. The highest BCUT2D eigenvalue weighted by molar-refractivity contribution is 6.31. The normalized spacial score (nSPS) is 10.0. The molecule has 3 aromatic heterocycles. The Morgan fingerprint density at radius 1 is 0.864 bits per heavy atom. The first-order valence-electron chi connectivity index (χ1n) is 6.11. The van der Waals surface area contributed by atoms with Gasteiger partial charge >= 0.3 is 0 Å².